The number of nitrogens with one attached hydrogen (secondary N) is 2. The lowest BCUT2D eigenvalue weighted by Crippen LogP contribution is -2.49. The number of carbonyl (C=O) groups excluding carboxylic acids is 1. The summed E-state index contributed by atoms with van der Waals surface area (Å²) in [5, 5.41) is 3.23. The molecule has 1 fully saturated rings. The lowest BCUT2D eigenvalue weighted by atomic mass is 10.1. The predicted octanol–water partition coefficient (Wildman–Crippen LogP) is 4.60. The molecule has 2 N–H and O–H groups in total. The van der Waals surface area contributed by atoms with E-state index in [1.54, 1.807) is 12.5 Å². The highest BCUT2D eigenvalue weighted by Gasteiger charge is 2.34. The van der Waals surface area contributed by atoms with Gasteiger partial charge in [-0.05, 0) is 43.7 Å². The van der Waals surface area contributed by atoms with Gasteiger partial charge in [0.1, 0.15) is 24.4 Å². The number of H-pyrrole nitrogens is 1. The van der Waals surface area contributed by atoms with E-state index < -0.39 is 18.5 Å². The average Bonchev–Trinajstić information content (AvgIpc) is 3.35. The summed E-state index contributed by atoms with van der Waals surface area (Å²) >= 11 is 0. The highest BCUT2D eigenvalue weighted by atomic mass is 19.4. The fourth-order valence-corrected chi connectivity index (χ4v) is 4.91. The van der Waals surface area contributed by atoms with Crippen LogP contribution in [0.25, 0.3) is 22.3 Å². The van der Waals surface area contributed by atoms with Gasteiger partial charge in [-0.15, -0.1) is 0 Å². The van der Waals surface area contributed by atoms with E-state index in [-0.39, 0.29) is 13.1 Å². The molecule has 1 aromatic carbocycles. The van der Waals surface area contributed by atoms with Crippen LogP contribution >= 0.6 is 0 Å². The van der Waals surface area contributed by atoms with E-state index in [1.807, 2.05) is 36.4 Å². The molecule has 0 bridgehead atoms. The normalized spacial score (nSPS) is 14.4. The Morgan fingerprint density at radius 3 is 2.54 bits per heavy atom. The first-order valence-electron chi connectivity index (χ1n) is 13.6. The van der Waals surface area contributed by atoms with Gasteiger partial charge in [0.2, 0.25) is 11.9 Å². The SMILES string of the molecule is CCN(CC)c1cc(-c2ccc3nc(Nc4cc(CN5CCN(C(=O)CC(F)(F)F)CC5)ccn4)[nH]c3c2)ncn1. The first kappa shape index (κ1) is 28.3. The van der Waals surface area contributed by atoms with Crippen molar-refractivity contribution in [2.45, 2.75) is 33.0 Å². The second kappa shape index (κ2) is 12.1. The Kier molecular flexibility index (Phi) is 8.34. The summed E-state index contributed by atoms with van der Waals surface area (Å²) in [6.45, 7) is 8.06. The molecule has 1 aliphatic rings. The second-order valence-electron chi connectivity index (χ2n) is 9.87. The lowest BCUT2D eigenvalue weighted by Gasteiger charge is -2.35. The molecule has 1 amide bonds. The number of halogens is 3. The molecule has 0 radical (unpaired) electrons. The third-order valence-electron chi connectivity index (χ3n) is 7.07. The number of hydrogen-bond donors (Lipinski definition) is 2. The van der Waals surface area contributed by atoms with Crippen molar-refractivity contribution < 1.29 is 18.0 Å². The molecule has 0 atom stereocenters. The summed E-state index contributed by atoms with van der Waals surface area (Å²) in [6, 6.07) is 11.7. The van der Waals surface area contributed by atoms with Gasteiger partial charge in [-0.3, -0.25) is 9.69 Å². The van der Waals surface area contributed by atoms with Crippen molar-refractivity contribution in [1.29, 1.82) is 0 Å². The molecule has 0 unspecified atom stereocenters. The van der Waals surface area contributed by atoms with Gasteiger partial charge in [-0.25, -0.2) is 19.9 Å². The first-order chi connectivity index (χ1) is 19.7. The highest BCUT2D eigenvalue weighted by molar-refractivity contribution is 5.83. The number of nitrogens with zero attached hydrogens (tertiary/aromatic N) is 7. The van der Waals surface area contributed by atoms with Gasteiger partial charge in [0.15, 0.2) is 0 Å². The number of fused-ring (bicyclic) bond motifs is 1. The van der Waals surface area contributed by atoms with Crippen LogP contribution in [0.3, 0.4) is 0 Å². The van der Waals surface area contributed by atoms with E-state index in [2.05, 4.69) is 53.9 Å². The van der Waals surface area contributed by atoms with Gasteiger partial charge in [0.25, 0.3) is 0 Å². The molecule has 0 spiro atoms. The van der Waals surface area contributed by atoms with Gasteiger partial charge in [0, 0.05) is 63.6 Å². The van der Waals surface area contributed by atoms with E-state index in [4.69, 9.17) is 0 Å². The Morgan fingerprint density at radius 2 is 1.80 bits per heavy atom. The van der Waals surface area contributed by atoms with Gasteiger partial charge >= 0.3 is 6.18 Å². The largest absolute Gasteiger partial charge is 0.397 e. The van der Waals surface area contributed by atoms with Crippen molar-refractivity contribution in [3.63, 3.8) is 0 Å². The molecular weight excluding hydrogens is 535 g/mol. The number of pyridine rings is 1. The molecule has 5 rings (SSSR count). The maximum atomic E-state index is 12.5. The van der Waals surface area contributed by atoms with Crippen molar-refractivity contribution >= 4 is 34.5 Å². The fourth-order valence-electron chi connectivity index (χ4n) is 4.91. The summed E-state index contributed by atoms with van der Waals surface area (Å²) in [6.07, 6.45) is -2.61. The predicted molar refractivity (Wildman–Crippen MR) is 151 cm³/mol. The maximum Gasteiger partial charge on any atom is 0.397 e. The van der Waals surface area contributed by atoms with E-state index >= 15 is 0 Å². The van der Waals surface area contributed by atoms with Crippen LogP contribution in [0.4, 0.5) is 30.8 Å². The van der Waals surface area contributed by atoms with Crippen LogP contribution in [0.15, 0.2) is 48.9 Å². The Morgan fingerprint density at radius 1 is 1.02 bits per heavy atom. The molecule has 1 aliphatic heterocycles. The van der Waals surface area contributed by atoms with Crippen molar-refractivity contribution in [2.75, 3.05) is 49.5 Å². The van der Waals surface area contributed by atoms with Crippen LogP contribution in [-0.2, 0) is 11.3 Å². The average molecular weight is 568 g/mol. The third-order valence-corrected chi connectivity index (χ3v) is 7.07. The zero-order chi connectivity index (χ0) is 29.0. The molecule has 0 aliphatic carbocycles. The molecule has 216 valence electrons. The molecule has 10 nitrogen and oxygen atoms in total. The third kappa shape index (κ3) is 7.09. The highest BCUT2D eigenvalue weighted by Crippen LogP contribution is 2.26. The molecule has 3 aromatic heterocycles. The van der Waals surface area contributed by atoms with Gasteiger partial charge in [0.05, 0.1) is 16.7 Å². The van der Waals surface area contributed by atoms with E-state index in [0.717, 1.165) is 46.8 Å². The Balaban J connectivity index is 1.22. The fraction of sp³-hybridized carbons (Fsp3) is 0.393. The number of alkyl halides is 3. The van der Waals surface area contributed by atoms with Crippen LogP contribution in [0.5, 0.6) is 0 Å². The van der Waals surface area contributed by atoms with Gasteiger partial charge in [-0.2, -0.15) is 13.2 Å². The lowest BCUT2D eigenvalue weighted by molar-refractivity contribution is -0.162. The number of benzene rings is 1. The summed E-state index contributed by atoms with van der Waals surface area (Å²) in [4.78, 5) is 38.6. The number of anilines is 3. The summed E-state index contributed by atoms with van der Waals surface area (Å²) in [5.41, 5.74) is 4.41. The van der Waals surface area contributed by atoms with E-state index in [0.29, 0.717) is 31.4 Å². The van der Waals surface area contributed by atoms with Crippen molar-refractivity contribution in [3.05, 3.63) is 54.5 Å². The van der Waals surface area contributed by atoms with Crippen molar-refractivity contribution in [1.82, 2.24) is 34.7 Å². The first-order valence-corrected chi connectivity index (χ1v) is 13.6. The molecule has 0 saturated carbocycles. The number of piperazine rings is 1. The van der Waals surface area contributed by atoms with Gasteiger partial charge in [-0.1, -0.05) is 6.07 Å². The zero-order valence-electron chi connectivity index (χ0n) is 22.9. The minimum Gasteiger partial charge on any atom is -0.357 e. The number of rotatable bonds is 9. The van der Waals surface area contributed by atoms with Crippen LogP contribution in [-0.4, -0.2) is 86.1 Å². The maximum absolute atomic E-state index is 12.5. The molecule has 4 aromatic rings. The number of imidazole rings is 1. The number of carbonyl (C=O) groups is 1. The second-order valence-corrected chi connectivity index (χ2v) is 9.87. The zero-order valence-corrected chi connectivity index (χ0v) is 22.9. The van der Waals surface area contributed by atoms with Gasteiger partial charge < -0.3 is 20.1 Å². The smallest absolute Gasteiger partial charge is 0.357 e. The molecule has 41 heavy (non-hydrogen) atoms. The standard InChI is InChI=1S/C28H32F3N9O/c1-3-39(4-2)25-15-22(33-18-34-25)20-5-6-21-23(14-20)36-27(35-21)37-24-13-19(7-8-32-24)17-38-9-11-40(12-10-38)26(41)16-28(29,30)31/h5-8,13-15,18H,3-4,9-12,16-17H2,1-2H3,(H2,32,35,36,37). The monoisotopic (exact) mass is 567 g/mol. The molecule has 4 heterocycles. The van der Waals surface area contributed by atoms with Crippen molar-refractivity contribution in [3.8, 4) is 11.3 Å². The topological polar surface area (TPSA) is 106 Å². The van der Waals surface area contributed by atoms with Crippen LogP contribution in [0, 0.1) is 0 Å². The number of hydrogen-bond acceptors (Lipinski definition) is 8. The van der Waals surface area contributed by atoms with Crippen molar-refractivity contribution in [2.24, 2.45) is 0 Å². The molecule has 1 saturated heterocycles. The van der Waals surface area contributed by atoms with Crippen LogP contribution in [0.2, 0.25) is 0 Å². The number of amides is 1. The van der Waals surface area contributed by atoms with E-state index in [9.17, 15) is 18.0 Å². The minimum atomic E-state index is -4.48. The quantitative estimate of drug-likeness (QED) is 0.302. The Labute approximate surface area is 235 Å². The Hall–Kier alpha value is -4.26. The minimum absolute atomic E-state index is 0.276. The summed E-state index contributed by atoms with van der Waals surface area (Å²) < 4.78 is 37.6. The van der Waals surface area contributed by atoms with Crippen LogP contribution < -0.4 is 10.2 Å². The molecule has 13 heteroatoms. The molecular formula is C28H32F3N9O. The summed E-state index contributed by atoms with van der Waals surface area (Å²) in [5.74, 6) is 1.17. The number of aromatic amines is 1. The van der Waals surface area contributed by atoms with E-state index in [1.165, 1.54) is 4.90 Å². The number of aromatic nitrogens is 5. The Bertz CT molecular complexity index is 1490. The summed E-state index contributed by atoms with van der Waals surface area (Å²) in [7, 11) is 0. The van der Waals surface area contributed by atoms with Crippen LogP contribution in [0.1, 0.15) is 25.8 Å².